The SMILES string of the molecule is Cc1ccc(C)c(N2N=C(C(=O)N3CCN(S(=O)(=O)c4cccc(F)c4)CC3)CCC2=O)c1. The molecule has 33 heavy (non-hydrogen) atoms. The number of benzene rings is 2. The number of halogens is 1. The van der Waals surface area contributed by atoms with E-state index in [9.17, 15) is 22.4 Å². The Morgan fingerprint density at radius 3 is 2.42 bits per heavy atom. The highest BCUT2D eigenvalue weighted by Crippen LogP contribution is 2.26. The molecule has 2 aliphatic heterocycles. The van der Waals surface area contributed by atoms with Crippen LogP contribution in [0.15, 0.2) is 52.5 Å². The van der Waals surface area contributed by atoms with Crippen LogP contribution in [-0.2, 0) is 19.6 Å². The zero-order valence-electron chi connectivity index (χ0n) is 18.5. The second-order valence-electron chi connectivity index (χ2n) is 8.20. The second-order valence-corrected chi connectivity index (χ2v) is 10.1. The highest BCUT2D eigenvalue weighted by atomic mass is 32.2. The number of hydrogen-bond donors (Lipinski definition) is 0. The number of piperazine rings is 1. The van der Waals surface area contributed by atoms with Gasteiger partial charge in [0.1, 0.15) is 11.5 Å². The predicted molar refractivity (Wildman–Crippen MR) is 122 cm³/mol. The summed E-state index contributed by atoms with van der Waals surface area (Å²) < 4.78 is 40.3. The summed E-state index contributed by atoms with van der Waals surface area (Å²) in [5.74, 6) is -1.10. The summed E-state index contributed by atoms with van der Waals surface area (Å²) in [7, 11) is -3.85. The number of hydrogen-bond acceptors (Lipinski definition) is 5. The van der Waals surface area contributed by atoms with E-state index in [1.165, 1.54) is 27.5 Å². The number of hydrazone groups is 1. The maximum absolute atomic E-state index is 13.5. The number of aryl methyl sites for hydroxylation is 2. The zero-order valence-corrected chi connectivity index (χ0v) is 19.3. The summed E-state index contributed by atoms with van der Waals surface area (Å²) in [5.41, 5.74) is 2.78. The molecule has 2 aliphatic rings. The van der Waals surface area contributed by atoms with E-state index in [1.807, 2.05) is 32.0 Å². The molecule has 0 atom stereocenters. The summed E-state index contributed by atoms with van der Waals surface area (Å²) in [5, 5.41) is 5.67. The summed E-state index contributed by atoms with van der Waals surface area (Å²) in [6, 6.07) is 10.6. The molecule has 0 unspecified atom stereocenters. The molecule has 2 aromatic rings. The van der Waals surface area contributed by atoms with Gasteiger partial charge in [0.2, 0.25) is 15.9 Å². The lowest BCUT2D eigenvalue weighted by molar-refractivity contribution is -0.125. The molecular weight excluding hydrogens is 447 g/mol. The quantitative estimate of drug-likeness (QED) is 0.684. The van der Waals surface area contributed by atoms with E-state index in [4.69, 9.17) is 0 Å². The van der Waals surface area contributed by atoms with Gasteiger partial charge in [-0.2, -0.15) is 9.41 Å². The molecule has 0 spiro atoms. The van der Waals surface area contributed by atoms with Crippen molar-refractivity contribution in [1.29, 1.82) is 0 Å². The Morgan fingerprint density at radius 2 is 1.73 bits per heavy atom. The van der Waals surface area contributed by atoms with Crippen LogP contribution in [0, 0.1) is 19.7 Å². The maximum Gasteiger partial charge on any atom is 0.270 e. The molecule has 0 saturated carbocycles. The third-order valence-corrected chi connectivity index (χ3v) is 7.73. The van der Waals surface area contributed by atoms with Crippen molar-refractivity contribution in [3.63, 3.8) is 0 Å². The topological polar surface area (TPSA) is 90.4 Å². The Labute approximate surface area is 192 Å². The number of nitrogens with zero attached hydrogens (tertiary/aromatic N) is 4. The van der Waals surface area contributed by atoms with Gasteiger partial charge in [0.25, 0.3) is 5.91 Å². The van der Waals surface area contributed by atoms with E-state index in [1.54, 1.807) is 4.90 Å². The van der Waals surface area contributed by atoms with Crippen molar-refractivity contribution in [2.75, 3.05) is 31.2 Å². The molecule has 1 fully saturated rings. The average Bonchev–Trinajstić information content (AvgIpc) is 2.81. The van der Waals surface area contributed by atoms with Crippen molar-refractivity contribution in [3.05, 3.63) is 59.4 Å². The molecular formula is C23H25FN4O4S. The van der Waals surface area contributed by atoms with Gasteiger partial charge < -0.3 is 4.90 Å². The molecule has 2 amide bonds. The Morgan fingerprint density at radius 1 is 1.00 bits per heavy atom. The fraction of sp³-hybridized carbons (Fsp3) is 0.348. The Bertz CT molecular complexity index is 1240. The van der Waals surface area contributed by atoms with Gasteiger partial charge in [0.05, 0.1) is 10.6 Å². The molecule has 0 bridgehead atoms. The first-order chi connectivity index (χ1) is 15.7. The van der Waals surface area contributed by atoms with Crippen LogP contribution >= 0.6 is 0 Å². The van der Waals surface area contributed by atoms with E-state index >= 15 is 0 Å². The molecule has 4 rings (SSSR count). The standard InChI is InChI=1S/C23H25FN4O4S/c1-16-6-7-17(2)21(14-16)28-22(29)9-8-20(25-28)23(30)26-10-12-27(13-11-26)33(31,32)19-5-3-4-18(24)15-19/h3-7,14-15H,8-13H2,1-2H3. The number of anilines is 1. The molecule has 174 valence electrons. The van der Waals surface area contributed by atoms with E-state index in [2.05, 4.69) is 5.10 Å². The first kappa shape index (κ1) is 23.1. The molecule has 0 aromatic heterocycles. The van der Waals surface area contributed by atoms with Gasteiger partial charge in [-0.1, -0.05) is 18.2 Å². The summed E-state index contributed by atoms with van der Waals surface area (Å²) >= 11 is 0. The molecule has 0 aliphatic carbocycles. The van der Waals surface area contributed by atoms with Crippen molar-refractivity contribution in [2.24, 2.45) is 5.10 Å². The highest BCUT2D eigenvalue weighted by Gasteiger charge is 2.33. The van der Waals surface area contributed by atoms with Crippen LogP contribution in [-0.4, -0.2) is 61.3 Å². The van der Waals surface area contributed by atoms with Gasteiger partial charge in [-0.15, -0.1) is 0 Å². The minimum atomic E-state index is -3.85. The first-order valence-electron chi connectivity index (χ1n) is 10.7. The van der Waals surface area contributed by atoms with Gasteiger partial charge in [-0.25, -0.2) is 17.8 Å². The number of rotatable bonds is 4. The molecule has 2 aromatic carbocycles. The first-order valence-corrected chi connectivity index (χ1v) is 12.1. The normalized spacial score (nSPS) is 17.8. The van der Waals surface area contributed by atoms with Crippen molar-refractivity contribution in [1.82, 2.24) is 9.21 Å². The van der Waals surface area contributed by atoms with E-state index < -0.39 is 15.8 Å². The third kappa shape index (κ3) is 4.67. The smallest absolute Gasteiger partial charge is 0.270 e. The van der Waals surface area contributed by atoms with Gasteiger partial charge in [-0.3, -0.25) is 9.59 Å². The second kappa shape index (κ2) is 9.03. The van der Waals surface area contributed by atoms with E-state index in [0.717, 1.165) is 17.2 Å². The Kier molecular flexibility index (Phi) is 6.31. The Balaban J connectivity index is 1.48. The predicted octanol–water partition coefficient (Wildman–Crippen LogP) is 2.46. The highest BCUT2D eigenvalue weighted by molar-refractivity contribution is 7.89. The van der Waals surface area contributed by atoms with Gasteiger partial charge in [-0.05, 0) is 49.2 Å². The number of carbonyl (C=O) groups excluding carboxylic acids is 2. The molecule has 0 N–H and O–H groups in total. The molecule has 0 radical (unpaired) electrons. The summed E-state index contributed by atoms with van der Waals surface area (Å²) in [4.78, 5) is 27.0. The van der Waals surface area contributed by atoms with E-state index in [0.29, 0.717) is 5.69 Å². The van der Waals surface area contributed by atoms with Crippen LogP contribution in [0.2, 0.25) is 0 Å². The van der Waals surface area contributed by atoms with Crippen molar-refractivity contribution in [2.45, 2.75) is 31.6 Å². The summed E-state index contributed by atoms with van der Waals surface area (Å²) in [6.45, 7) is 4.36. The lowest BCUT2D eigenvalue weighted by Gasteiger charge is -2.35. The van der Waals surface area contributed by atoms with Gasteiger partial charge in [0, 0.05) is 39.0 Å². The zero-order chi connectivity index (χ0) is 23.8. The van der Waals surface area contributed by atoms with Crippen LogP contribution in [0.5, 0.6) is 0 Å². The van der Waals surface area contributed by atoms with Crippen LogP contribution in [0.25, 0.3) is 0 Å². The number of carbonyl (C=O) groups is 2. The van der Waals surface area contributed by atoms with Crippen molar-refractivity contribution in [3.8, 4) is 0 Å². The molecule has 2 heterocycles. The molecule has 1 saturated heterocycles. The van der Waals surface area contributed by atoms with Crippen molar-refractivity contribution >= 4 is 33.2 Å². The van der Waals surface area contributed by atoms with Crippen molar-refractivity contribution < 1.29 is 22.4 Å². The third-order valence-electron chi connectivity index (χ3n) is 5.83. The van der Waals surface area contributed by atoms with E-state index in [-0.39, 0.29) is 61.4 Å². The fourth-order valence-corrected chi connectivity index (χ4v) is 5.39. The molecule has 8 nitrogen and oxygen atoms in total. The van der Waals surface area contributed by atoms with Crippen LogP contribution in [0.3, 0.4) is 0 Å². The minimum absolute atomic E-state index is 0.0947. The maximum atomic E-state index is 13.5. The molecule has 10 heteroatoms. The minimum Gasteiger partial charge on any atom is -0.335 e. The fourth-order valence-electron chi connectivity index (χ4n) is 3.93. The van der Waals surface area contributed by atoms with Gasteiger partial charge in [0.15, 0.2) is 0 Å². The number of sulfonamides is 1. The lowest BCUT2D eigenvalue weighted by Crippen LogP contribution is -2.52. The average molecular weight is 473 g/mol. The van der Waals surface area contributed by atoms with Gasteiger partial charge >= 0.3 is 0 Å². The summed E-state index contributed by atoms with van der Waals surface area (Å²) in [6.07, 6.45) is 0.409. The Hall–Kier alpha value is -3.11. The van der Waals surface area contributed by atoms with Crippen LogP contribution < -0.4 is 5.01 Å². The lowest BCUT2D eigenvalue weighted by atomic mass is 10.1. The van der Waals surface area contributed by atoms with Crippen LogP contribution in [0.1, 0.15) is 24.0 Å². The monoisotopic (exact) mass is 472 g/mol. The van der Waals surface area contributed by atoms with Crippen LogP contribution in [0.4, 0.5) is 10.1 Å². The largest absolute Gasteiger partial charge is 0.335 e. The number of amides is 2.